The lowest BCUT2D eigenvalue weighted by Gasteiger charge is -2.16. The highest BCUT2D eigenvalue weighted by atomic mass is 16.5. The minimum absolute atomic E-state index is 0.100. The molecule has 0 aromatic heterocycles. The zero-order valence-corrected chi connectivity index (χ0v) is 11.2. The van der Waals surface area contributed by atoms with Crippen LogP contribution in [0.15, 0.2) is 24.3 Å². The molecule has 0 aliphatic carbocycles. The summed E-state index contributed by atoms with van der Waals surface area (Å²) in [6, 6.07) is 6.93. The van der Waals surface area contributed by atoms with Crippen LogP contribution in [-0.4, -0.2) is 51.2 Å². The van der Waals surface area contributed by atoms with Crippen molar-refractivity contribution < 1.29 is 23.8 Å². The Labute approximate surface area is 111 Å². The fraction of sp³-hybridized carbons (Fsp3) is 0.385. The molecule has 0 saturated heterocycles. The van der Waals surface area contributed by atoms with Gasteiger partial charge in [-0.2, -0.15) is 0 Å². The van der Waals surface area contributed by atoms with E-state index in [0.717, 1.165) is 0 Å². The first-order chi connectivity index (χ1) is 9.06. The summed E-state index contributed by atoms with van der Waals surface area (Å²) < 4.78 is 14.8. The van der Waals surface area contributed by atoms with Crippen molar-refractivity contribution in [2.24, 2.45) is 0 Å². The highest BCUT2D eigenvalue weighted by Gasteiger charge is 2.13. The Kier molecular flexibility index (Phi) is 5.66. The van der Waals surface area contributed by atoms with Crippen molar-refractivity contribution in [1.29, 1.82) is 0 Å². The highest BCUT2D eigenvalue weighted by Crippen LogP contribution is 2.18. The SMILES string of the molecule is COC(=O)CN(C)C(=O)COc1cccc(OC)c1. The normalized spacial score (nSPS) is 9.63. The monoisotopic (exact) mass is 267 g/mol. The number of carbonyl (C=O) groups is 2. The first-order valence-electron chi connectivity index (χ1n) is 5.64. The minimum Gasteiger partial charge on any atom is -0.497 e. The fourth-order valence-corrected chi connectivity index (χ4v) is 1.29. The third-order valence-corrected chi connectivity index (χ3v) is 2.42. The number of nitrogens with zero attached hydrogens (tertiary/aromatic N) is 1. The summed E-state index contributed by atoms with van der Waals surface area (Å²) in [6.07, 6.45) is 0. The maximum Gasteiger partial charge on any atom is 0.325 e. The van der Waals surface area contributed by atoms with Crippen LogP contribution in [0.5, 0.6) is 11.5 Å². The molecule has 0 heterocycles. The maximum atomic E-state index is 11.7. The Hall–Kier alpha value is -2.24. The van der Waals surface area contributed by atoms with Crippen LogP contribution in [-0.2, 0) is 14.3 Å². The van der Waals surface area contributed by atoms with Crippen LogP contribution in [0.3, 0.4) is 0 Å². The summed E-state index contributed by atoms with van der Waals surface area (Å²) in [5.41, 5.74) is 0. The lowest BCUT2D eigenvalue weighted by molar-refractivity contribution is -0.146. The van der Waals surface area contributed by atoms with Crippen LogP contribution in [0, 0.1) is 0 Å². The number of likely N-dealkylation sites (N-methyl/N-ethyl adjacent to an activating group) is 1. The van der Waals surface area contributed by atoms with Gasteiger partial charge >= 0.3 is 5.97 Å². The van der Waals surface area contributed by atoms with Gasteiger partial charge in [0.05, 0.1) is 14.2 Å². The van der Waals surface area contributed by atoms with E-state index < -0.39 is 5.97 Å². The summed E-state index contributed by atoms with van der Waals surface area (Å²) in [4.78, 5) is 23.9. The van der Waals surface area contributed by atoms with Gasteiger partial charge in [0.25, 0.3) is 5.91 Å². The molecule has 19 heavy (non-hydrogen) atoms. The van der Waals surface area contributed by atoms with Crippen molar-refractivity contribution in [2.45, 2.75) is 0 Å². The van der Waals surface area contributed by atoms with Gasteiger partial charge in [-0.05, 0) is 12.1 Å². The van der Waals surface area contributed by atoms with Gasteiger partial charge in [0.1, 0.15) is 18.0 Å². The Balaban J connectivity index is 2.47. The van der Waals surface area contributed by atoms with Crippen LogP contribution in [0.25, 0.3) is 0 Å². The summed E-state index contributed by atoms with van der Waals surface area (Å²) in [6.45, 7) is -0.253. The predicted octanol–water partition coefficient (Wildman–Crippen LogP) is 0.705. The number of rotatable bonds is 6. The zero-order chi connectivity index (χ0) is 14.3. The number of amides is 1. The van der Waals surface area contributed by atoms with Gasteiger partial charge in [-0.25, -0.2) is 0 Å². The third kappa shape index (κ3) is 4.87. The van der Waals surface area contributed by atoms with Crippen LogP contribution in [0.2, 0.25) is 0 Å². The van der Waals surface area contributed by atoms with Crippen molar-refractivity contribution in [3.8, 4) is 11.5 Å². The molecule has 0 atom stereocenters. The molecule has 0 N–H and O–H groups in total. The lowest BCUT2D eigenvalue weighted by Crippen LogP contribution is -2.35. The average molecular weight is 267 g/mol. The molecule has 6 heteroatoms. The topological polar surface area (TPSA) is 65.1 Å². The quantitative estimate of drug-likeness (QED) is 0.710. The minimum atomic E-state index is -0.475. The van der Waals surface area contributed by atoms with Crippen LogP contribution in [0.4, 0.5) is 0 Å². The summed E-state index contributed by atoms with van der Waals surface area (Å²) in [5, 5.41) is 0. The van der Waals surface area contributed by atoms with Gasteiger partial charge in [-0.1, -0.05) is 6.07 Å². The summed E-state index contributed by atoms with van der Waals surface area (Å²) >= 11 is 0. The van der Waals surface area contributed by atoms with Crippen molar-refractivity contribution >= 4 is 11.9 Å². The molecular weight excluding hydrogens is 250 g/mol. The van der Waals surface area contributed by atoms with Gasteiger partial charge in [0.2, 0.25) is 0 Å². The number of benzene rings is 1. The first-order valence-corrected chi connectivity index (χ1v) is 5.64. The largest absolute Gasteiger partial charge is 0.497 e. The van der Waals surface area contributed by atoms with Gasteiger partial charge in [0, 0.05) is 13.1 Å². The Bertz CT molecular complexity index is 446. The molecule has 0 spiro atoms. The molecule has 0 unspecified atom stereocenters. The fourth-order valence-electron chi connectivity index (χ4n) is 1.29. The van der Waals surface area contributed by atoms with Crippen LogP contribution in [0.1, 0.15) is 0 Å². The highest BCUT2D eigenvalue weighted by molar-refractivity contribution is 5.82. The second-order valence-corrected chi connectivity index (χ2v) is 3.79. The van der Waals surface area contributed by atoms with Crippen molar-refractivity contribution in [3.63, 3.8) is 0 Å². The first kappa shape index (κ1) is 14.8. The molecule has 1 aromatic carbocycles. The Morgan fingerprint density at radius 1 is 1.21 bits per heavy atom. The van der Waals surface area contributed by atoms with Crippen molar-refractivity contribution in [1.82, 2.24) is 4.90 Å². The van der Waals surface area contributed by atoms with Crippen molar-refractivity contribution in [2.75, 3.05) is 34.4 Å². The van der Waals surface area contributed by atoms with E-state index in [1.54, 1.807) is 31.4 Å². The second kappa shape index (κ2) is 7.25. The van der Waals surface area contributed by atoms with Gasteiger partial charge < -0.3 is 19.1 Å². The van der Waals surface area contributed by atoms with Crippen LogP contribution < -0.4 is 9.47 Å². The number of esters is 1. The number of hydrogen-bond donors (Lipinski definition) is 0. The molecule has 0 saturated carbocycles. The molecule has 0 fully saturated rings. The van der Waals surface area contributed by atoms with Gasteiger partial charge in [-0.15, -0.1) is 0 Å². The number of ether oxygens (including phenoxy) is 3. The van der Waals surface area contributed by atoms with E-state index in [1.165, 1.54) is 19.1 Å². The molecule has 0 aliphatic heterocycles. The molecular formula is C13H17NO5. The summed E-state index contributed by atoms with van der Waals surface area (Å²) in [5.74, 6) is 0.387. The smallest absolute Gasteiger partial charge is 0.325 e. The van der Waals surface area contributed by atoms with Gasteiger partial charge in [0.15, 0.2) is 6.61 Å². The van der Waals surface area contributed by atoms with E-state index in [-0.39, 0.29) is 19.1 Å². The Morgan fingerprint density at radius 2 is 1.89 bits per heavy atom. The van der Waals surface area contributed by atoms with E-state index in [4.69, 9.17) is 9.47 Å². The standard InChI is InChI=1S/C13H17NO5/c1-14(8-13(16)18-3)12(15)9-19-11-6-4-5-10(7-11)17-2/h4-7H,8-9H2,1-3H3. The number of methoxy groups -OCH3 is 2. The molecule has 6 nitrogen and oxygen atoms in total. The molecule has 0 radical (unpaired) electrons. The Morgan fingerprint density at radius 3 is 2.53 bits per heavy atom. The van der Waals surface area contributed by atoms with E-state index >= 15 is 0 Å². The molecule has 104 valence electrons. The summed E-state index contributed by atoms with van der Waals surface area (Å²) in [7, 11) is 4.33. The van der Waals surface area contributed by atoms with E-state index in [2.05, 4.69) is 4.74 Å². The van der Waals surface area contributed by atoms with E-state index in [1.807, 2.05) is 0 Å². The van der Waals surface area contributed by atoms with Gasteiger partial charge in [-0.3, -0.25) is 9.59 Å². The molecule has 0 bridgehead atoms. The number of carbonyl (C=O) groups excluding carboxylic acids is 2. The number of hydrogen-bond acceptors (Lipinski definition) is 5. The lowest BCUT2D eigenvalue weighted by atomic mass is 10.3. The van der Waals surface area contributed by atoms with Crippen LogP contribution >= 0.6 is 0 Å². The molecule has 1 amide bonds. The molecule has 0 aliphatic rings. The average Bonchev–Trinajstić information content (AvgIpc) is 2.44. The molecule has 1 aromatic rings. The van der Waals surface area contributed by atoms with E-state index in [9.17, 15) is 9.59 Å². The third-order valence-electron chi connectivity index (χ3n) is 2.42. The van der Waals surface area contributed by atoms with Crippen molar-refractivity contribution in [3.05, 3.63) is 24.3 Å². The van der Waals surface area contributed by atoms with E-state index in [0.29, 0.717) is 11.5 Å². The zero-order valence-electron chi connectivity index (χ0n) is 11.2. The predicted molar refractivity (Wildman–Crippen MR) is 68.1 cm³/mol. The second-order valence-electron chi connectivity index (χ2n) is 3.79. The maximum absolute atomic E-state index is 11.7. The molecule has 1 rings (SSSR count).